The minimum atomic E-state index is -0.498. The molecule has 0 unspecified atom stereocenters. The number of hydrogen-bond donors (Lipinski definition) is 1. The summed E-state index contributed by atoms with van der Waals surface area (Å²) in [5.74, 6) is 0.579. The van der Waals surface area contributed by atoms with Crippen molar-refractivity contribution in [1.82, 2.24) is 4.90 Å². The lowest BCUT2D eigenvalue weighted by molar-refractivity contribution is -0.384. The summed E-state index contributed by atoms with van der Waals surface area (Å²) in [6, 6.07) is 2.66. The molecule has 21 heavy (non-hydrogen) atoms. The zero-order valence-electron chi connectivity index (χ0n) is 11.9. The Balaban J connectivity index is 1.96. The third-order valence-corrected chi connectivity index (χ3v) is 4.56. The van der Waals surface area contributed by atoms with Crippen molar-refractivity contribution in [3.05, 3.63) is 32.3 Å². The number of likely N-dealkylation sites (tertiary alicyclic amines) is 1. The predicted octanol–water partition coefficient (Wildman–Crippen LogP) is 4.05. The molecule has 2 rings (SSSR count). The van der Waals surface area contributed by atoms with E-state index in [-0.39, 0.29) is 5.69 Å². The first kappa shape index (κ1) is 16.3. The maximum absolute atomic E-state index is 10.7. The van der Waals surface area contributed by atoms with Crippen LogP contribution in [-0.4, -0.2) is 36.0 Å². The van der Waals surface area contributed by atoms with Crippen LogP contribution in [0.1, 0.15) is 19.8 Å². The van der Waals surface area contributed by atoms with Crippen LogP contribution in [0.15, 0.2) is 12.1 Å². The molecule has 1 saturated heterocycles. The van der Waals surface area contributed by atoms with Gasteiger partial charge in [0.25, 0.3) is 5.69 Å². The van der Waals surface area contributed by atoms with Crippen LogP contribution >= 0.6 is 23.2 Å². The van der Waals surface area contributed by atoms with E-state index >= 15 is 0 Å². The van der Waals surface area contributed by atoms with Crippen LogP contribution in [0.5, 0.6) is 0 Å². The Hall–Kier alpha value is -1.04. The number of anilines is 1. The van der Waals surface area contributed by atoms with Gasteiger partial charge in [-0.1, -0.05) is 30.1 Å². The molecule has 0 amide bonds. The molecule has 1 aliphatic heterocycles. The first-order valence-corrected chi connectivity index (χ1v) is 7.86. The summed E-state index contributed by atoms with van der Waals surface area (Å²) in [6.07, 6.45) is 2.28. The highest BCUT2D eigenvalue weighted by Crippen LogP contribution is 2.35. The molecule has 1 N–H and O–H groups in total. The van der Waals surface area contributed by atoms with E-state index in [4.69, 9.17) is 23.2 Å². The van der Waals surface area contributed by atoms with E-state index in [1.807, 2.05) is 0 Å². The summed E-state index contributed by atoms with van der Waals surface area (Å²) < 4.78 is 0. The standard InChI is InChI=1S/C14H19Cl2N3O2/c1-2-18-5-3-10(4-6-18)9-17-14-12(15)7-11(19(20)21)8-13(14)16/h7-8,10,17H,2-6,9H2,1H3. The number of halogens is 2. The van der Waals surface area contributed by atoms with Gasteiger partial charge in [0, 0.05) is 18.7 Å². The summed E-state index contributed by atoms with van der Waals surface area (Å²) in [6.45, 7) is 6.29. The number of non-ortho nitro benzene ring substituents is 1. The summed E-state index contributed by atoms with van der Waals surface area (Å²) in [5.41, 5.74) is 0.494. The highest BCUT2D eigenvalue weighted by atomic mass is 35.5. The quantitative estimate of drug-likeness (QED) is 0.653. The van der Waals surface area contributed by atoms with Gasteiger partial charge in [0.1, 0.15) is 0 Å². The van der Waals surface area contributed by atoms with Crippen molar-refractivity contribution in [3.8, 4) is 0 Å². The first-order valence-electron chi connectivity index (χ1n) is 7.11. The maximum atomic E-state index is 10.7. The Kier molecular flexibility index (Phi) is 5.67. The van der Waals surface area contributed by atoms with E-state index in [0.29, 0.717) is 21.7 Å². The Labute approximate surface area is 134 Å². The molecule has 0 saturated carbocycles. The lowest BCUT2D eigenvalue weighted by Gasteiger charge is -2.31. The first-order chi connectivity index (χ1) is 10.0. The molecule has 1 aromatic rings. The molecule has 1 aromatic carbocycles. The second-order valence-electron chi connectivity index (χ2n) is 5.30. The number of rotatable bonds is 5. The lowest BCUT2D eigenvalue weighted by atomic mass is 9.97. The average molecular weight is 332 g/mol. The number of benzene rings is 1. The van der Waals surface area contributed by atoms with Crippen LogP contribution in [-0.2, 0) is 0 Å². The summed E-state index contributed by atoms with van der Waals surface area (Å²) in [7, 11) is 0. The Morgan fingerprint density at radius 3 is 2.38 bits per heavy atom. The number of nitro groups is 1. The van der Waals surface area contributed by atoms with Crippen molar-refractivity contribution < 1.29 is 4.92 Å². The minimum absolute atomic E-state index is 0.0909. The normalized spacial score (nSPS) is 16.9. The van der Waals surface area contributed by atoms with Gasteiger partial charge in [0.2, 0.25) is 0 Å². The monoisotopic (exact) mass is 331 g/mol. The van der Waals surface area contributed by atoms with Crippen molar-refractivity contribution in [2.24, 2.45) is 5.92 Å². The number of nitrogens with zero attached hydrogens (tertiary/aromatic N) is 2. The number of piperidine rings is 1. The van der Waals surface area contributed by atoms with Crippen molar-refractivity contribution >= 4 is 34.6 Å². The van der Waals surface area contributed by atoms with Crippen LogP contribution in [0.25, 0.3) is 0 Å². The Morgan fingerprint density at radius 1 is 1.33 bits per heavy atom. The third kappa shape index (κ3) is 4.22. The fourth-order valence-electron chi connectivity index (χ4n) is 2.59. The second-order valence-corrected chi connectivity index (χ2v) is 6.11. The van der Waals surface area contributed by atoms with E-state index in [1.54, 1.807) is 0 Å². The molecule has 1 fully saturated rings. The van der Waals surface area contributed by atoms with E-state index in [9.17, 15) is 10.1 Å². The molecule has 0 aromatic heterocycles. The maximum Gasteiger partial charge on any atom is 0.272 e. The Morgan fingerprint density at radius 2 is 1.90 bits per heavy atom. The van der Waals surface area contributed by atoms with Crippen molar-refractivity contribution in [2.45, 2.75) is 19.8 Å². The molecule has 0 bridgehead atoms. The van der Waals surface area contributed by atoms with Gasteiger partial charge in [0.15, 0.2) is 0 Å². The molecule has 0 spiro atoms. The van der Waals surface area contributed by atoms with Crippen LogP contribution in [0.3, 0.4) is 0 Å². The van der Waals surface area contributed by atoms with E-state index < -0.39 is 4.92 Å². The predicted molar refractivity (Wildman–Crippen MR) is 86.4 cm³/mol. The largest absolute Gasteiger partial charge is 0.382 e. The van der Waals surface area contributed by atoms with Crippen molar-refractivity contribution in [3.63, 3.8) is 0 Å². The smallest absolute Gasteiger partial charge is 0.272 e. The van der Waals surface area contributed by atoms with E-state index in [0.717, 1.165) is 39.0 Å². The van der Waals surface area contributed by atoms with Crippen LogP contribution in [0.4, 0.5) is 11.4 Å². The Bertz CT molecular complexity index is 494. The van der Waals surface area contributed by atoms with Gasteiger partial charge in [-0.3, -0.25) is 10.1 Å². The third-order valence-electron chi connectivity index (χ3n) is 3.96. The van der Waals surface area contributed by atoms with Crippen LogP contribution < -0.4 is 5.32 Å². The molecule has 0 atom stereocenters. The van der Waals surface area contributed by atoms with Gasteiger partial charge < -0.3 is 10.2 Å². The van der Waals surface area contributed by atoms with Gasteiger partial charge in [0.05, 0.1) is 20.7 Å². The molecule has 116 valence electrons. The number of nitrogens with one attached hydrogen (secondary N) is 1. The molecule has 0 radical (unpaired) electrons. The molecule has 7 heteroatoms. The van der Waals surface area contributed by atoms with Crippen LogP contribution in [0.2, 0.25) is 10.0 Å². The minimum Gasteiger partial charge on any atom is -0.382 e. The zero-order valence-corrected chi connectivity index (χ0v) is 13.5. The van der Waals surface area contributed by atoms with E-state index in [2.05, 4.69) is 17.1 Å². The molecule has 5 nitrogen and oxygen atoms in total. The molecular formula is C14H19Cl2N3O2. The lowest BCUT2D eigenvalue weighted by Crippen LogP contribution is -2.35. The zero-order chi connectivity index (χ0) is 15.4. The summed E-state index contributed by atoms with van der Waals surface area (Å²) in [4.78, 5) is 12.7. The van der Waals surface area contributed by atoms with Gasteiger partial charge in [-0.05, 0) is 38.4 Å². The highest BCUT2D eigenvalue weighted by molar-refractivity contribution is 6.39. The number of nitro benzene ring substituents is 1. The summed E-state index contributed by atoms with van der Waals surface area (Å²) >= 11 is 12.2. The van der Waals surface area contributed by atoms with Crippen LogP contribution in [0, 0.1) is 16.0 Å². The van der Waals surface area contributed by atoms with Gasteiger partial charge >= 0.3 is 0 Å². The second kappa shape index (κ2) is 7.29. The highest BCUT2D eigenvalue weighted by Gasteiger charge is 2.19. The van der Waals surface area contributed by atoms with Crippen molar-refractivity contribution in [1.29, 1.82) is 0 Å². The average Bonchev–Trinajstić information content (AvgIpc) is 2.46. The van der Waals surface area contributed by atoms with Crippen molar-refractivity contribution in [2.75, 3.05) is 31.5 Å². The fourth-order valence-corrected chi connectivity index (χ4v) is 3.20. The fraction of sp³-hybridized carbons (Fsp3) is 0.571. The van der Waals surface area contributed by atoms with Gasteiger partial charge in [-0.25, -0.2) is 0 Å². The molecule has 0 aliphatic carbocycles. The van der Waals surface area contributed by atoms with Gasteiger partial charge in [-0.2, -0.15) is 0 Å². The molecule has 1 heterocycles. The number of hydrogen-bond acceptors (Lipinski definition) is 4. The topological polar surface area (TPSA) is 58.4 Å². The SMILES string of the molecule is CCN1CCC(CNc2c(Cl)cc([N+](=O)[O-])cc2Cl)CC1. The van der Waals surface area contributed by atoms with E-state index in [1.165, 1.54) is 12.1 Å². The van der Waals surface area contributed by atoms with Gasteiger partial charge in [-0.15, -0.1) is 0 Å². The summed E-state index contributed by atoms with van der Waals surface area (Å²) in [5, 5.41) is 14.6. The molecular weight excluding hydrogens is 313 g/mol. The molecule has 1 aliphatic rings.